The summed E-state index contributed by atoms with van der Waals surface area (Å²) in [6.07, 6.45) is 4.50. The number of anilines is 1. The highest BCUT2D eigenvalue weighted by atomic mass is 32.2. The van der Waals surface area contributed by atoms with Gasteiger partial charge in [0.15, 0.2) is 0 Å². The van der Waals surface area contributed by atoms with Gasteiger partial charge in [0.1, 0.15) is 10.6 Å². The van der Waals surface area contributed by atoms with Crippen molar-refractivity contribution in [3.05, 3.63) is 47.8 Å². The van der Waals surface area contributed by atoms with Gasteiger partial charge in [-0.1, -0.05) is 24.6 Å². The lowest BCUT2D eigenvalue weighted by molar-refractivity contribution is 0.0973. The molecule has 2 aliphatic heterocycles. The maximum absolute atomic E-state index is 12.9. The van der Waals surface area contributed by atoms with Gasteiger partial charge in [-0.25, -0.2) is 13.1 Å². The second-order valence-electron chi connectivity index (χ2n) is 7.52. The number of sulfonamides is 1. The average molecular weight is 453 g/mol. The van der Waals surface area contributed by atoms with Crippen molar-refractivity contribution in [1.82, 2.24) is 13.6 Å². The first kappa shape index (κ1) is 20.9. The van der Waals surface area contributed by atoms with Crippen LogP contribution in [-0.4, -0.2) is 51.2 Å². The van der Waals surface area contributed by atoms with Gasteiger partial charge in [0, 0.05) is 32.9 Å². The van der Waals surface area contributed by atoms with E-state index in [-0.39, 0.29) is 17.1 Å². The number of hydrogen-bond donors (Lipinski definition) is 1. The number of carbonyl (C=O) groups is 1. The zero-order valence-corrected chi connectivity index (χ0v) is 18.2. The molecular formula is C19H24N4O5S2. The molecule has 30 heavy (non-hydrogen) atoms. The summed E-state index contributed by atoms with van der Waals surface area (Å²) in [6, 6.07) is 8.34. The lowest BCUT2D eigenvalue weighted by atomic mass is 10.2. The number of benzene rings is 1. The molecule has 11 heteroatoms. The monoisotopic (exact) mass is 452 g/mol. The predicted octanol–water partition coefficient (Wildman–Crippen LogP) is 1.24. The van der Waals surface area contributed by atoms with Crippen LogP contribution in [0.2, 0.25) is 0 Å². The van der Waals surface area contributed by atoms with E-state index in [1.165, 1.54) is 28.2 Å². The van der Waals surface area contributed by atoms with Crippen LogP contribution in [-0.2, 0) is 33.7 Å². The highest BCUT2D eigenvalue weighted by molar-refractivity contribution is 7.91. The number of nitrogens with one attached hydrogen (secondary N) is 1. The zero-order valence-electron chi connectivity index (χ0n) is 16.6. The lowest BCUT2D eigenvalue weighted by Crippen LogP contribution is -2.43. The molecule has 1 saturated heterocycles. The quantitative estimate of drug-likeness (QED) is 0.734. The number of para-hydroxylation sites is 1. The number of carbonyl (C=O) groups excluding carboxylic acids is 1. The van der Waals surface area contributed by atoms with Crippen LogP contribution in [0.4, 0.5) is 5.69 Å². The third-order valence-corrected chi connectivity index (χ3v) is 8.79. The van der Waals surface area contributed by atoms with E-state index in [1.807, 2.05) is 12.1 Å². The number of aryl methyl sites for hydroxylation is 1. The molecule has 0 saturated carbocycles. The van der Waals surface area contributed by atoms with Crippen LogP contribution in [0.25, 0.3) is 0 Å². The van der Waals surface area contributed by atoms with Crippen molar-refractivity contribution < 1.29 is 21.6 Å². The smallest absolute Gasteiger partial charge is 0.326 e. The lowest BCUT2D eigenvalue weighted by Gasteiger charge is -2.25. The van der Waals surface area contributed by atoms with E-state index >= 15 is 0 Å². The molecule has 3 heterocycles. The van der Waals surface area contributed by atoms with Gasteiger partial charge in [0.05, 0.1) is 5.69 Å². The summed E-state index contributed by atoms with van der Waals surface area (Å²) in [5.74, 6) is -0.873. The van der Waals surface area contributed by atoms with Crippen molar-refractivity contribution in [2.24, 2.45) is 7.05 Å². The van der Waals surface area contributed by atoms with Crippen molar-refractivity contribution in [3.63, 3.8) is 0 Å². The number of fused-ring (bicyclic) bond motifs is 1. The summed E-state index contributed by atoms with van der Waals surface area (Å²) in [7, 11) is -6.33. The summed E-state index contributed by atoms with van der Waals surface area (Å²) in [6.45, 7) is 1.13. The molecule has 1 amide bonds. The molecule has 0 bridgehead atoms. The van der Waals surface area contributed by atoms with Crippen molar-refractivity contribution in [2.75, 3.05) is 23.9 Å². The molecule has 4 rings (SSSR count). The molecule has 1 aromatic carbocycles. The molecular weight excluding hydrogens is 428 g/mol. The standard InChI is InChI=1S/C19H24N4O5S2/c1-21-14-16(29(25,26)22-10-5-2-6-11-22)13-18(21)19(24)20-30(27,28)23-12-9-15-7-3-4-8-17(15)23/h3-4,7-8,13-14H,2,5-6,9-12H2,1H3,(H,20,24). The van der Waals surface area contributed by atoms with Gasteiger partial charge in [0.25, 0.3) is 5.91 Å². The van der Waals surface area contributed by atoms with Gasteiger partial charge in [-0.15, -0.1) is 0 Å². The average Bonchev–Trinajstić information content (AvgIpc) is 3.33. The minimum Gasteiger partial charge on any atom is -0.345 e. The molecule has 9 nitrogen and oxygen atoms in total. The predicted molar refractivity (Wildman–Crippen MR) is 112 cm³/mol. The van der Waals surface area contributed by atoms with Gasteiger partial charge in [-0.2, -0.15) is 12.7 Å². The van der Waals surface area contributed by atoms with E-state index in [4.69, 9.17) is 0 Å². The fourth-order valence-corrected chi connectivity index (χ4v) is 6.74. The Morgan fingerprint density at radius 1 is 1.00 bits per heavy atom. The SMILES string of the molecule is Cn1cc(S(=O)(=O)N2CCCCC2)cc1C(=O)NS(=O)(=O)N1CCc2ccccc21. The molecule has 1 fully saturated rings. The minimum absolute atomic E-state index is 0.0130. The third-order valence-electron chi connectivity index (χ3n) is 5.52. The second-order valence-corrected chi connectivity index (χ2v) is 11.1. The van der Waals surface area contributed by atoms with E-state index in [9.17, 15) is 21.6 Å². The van der Waals surface area contributed by atoms with Crippen molar-refractivity contribution in [1.29, 1.82) is 0 Å². The molecule has 1 N–H and O–H groups in total. The number of rotatable bonds is 5. The Morgan fingerprint density at radius 2 is 1.70 bits per heavy atom. The third kappa shape index (κ3) is 3.72. The van der Waals surface area contributed by atoms with Crippen molar-refractivity contribution in [2.45, 2.75) is 30.6 Å². The molecule has 2 aromatic rings. The molecule has 2 aliphatic rings. The Balaban J connectivity index is 1.56. The first-order chi connectivity index (χ1) is 14.2. The highest BCUT2D eigenvalue weighted by Gasteiger charge is 2.33. The maximum Gasteiger partial charge on any atom is 0.326 e. The van der Waals surface area contributed by atoms with Crippen LogP contribution >= 0.6 is 0 Å². The Bertz CT molecular complexity index is 1180. The Morgan fingerprint density at radius 3 is 2.43 bits per heavy atom. The topological polar surface area (TPSA) is 109 Å². The van der Waals surface area contributed by atoms with Crippen molar-refractivity contribution >= 4 is 31.8 Å². The number of hydrogen-bond acceptors (Lipinski definition) is 5. The van der Waals surface area contributed by atoms with Crippen LogP contribution in [0.15, 0.2) is 41.4 Å². The fraction of sp³-hybridized carbons (Fsp3) is 0.421. The van der Waals surface area contributed by atoms with E-state index in [1.54, 1.807) is 12.1 Å². The van der Waals surface area contributed by atoms with Crippen LogP contribution in [0.5, 0.6) is 0 Å². The number of nitrogens with zero attached hydrogens (tertiary/aromatic N) is 3. The minimum atomic E-state index is -4.12. The zero-order chi connectivity index (χ0) is 21.5. The second kappa shape index (κ2) is 7.71. The van der Waals surface area contributed by atoms with E-state index in [2.05, 4.69) is 4.72 Å². The van der Waals surface area contributed by atoms with Crippen LogP contribution in [0.3, 0.4) is 0 Å². The van der Waals surface area contributed by atoms with Crippen molar-refractivity contribution in [3.8, 4) is 0 Å². The van der Waals surface area contributed by atoms with Gasteiger partial charge in [-0.3, -0.25) is 9.10 Å². The molecule has 0 aliphatic carbocycles. The normalized spacial score (nSPS) is 17.7. The molecule has 0 atom stereocenters. The molecule has 0 spiro atoms. The summed E-state index contributed by atoms with van der Waals surface area (Å²) >= 11 is 0. The number of amides is 1. The highest BCUT2D eigenvalue weighted by Crippen LogP contribution is 2.29. The molecule has 1 aromatic heterocycles. The maximum atomic E-state index is 12.9. The first-order valence-electron chi connectivity index (χ1n) is 9.79. The summed E-state index contributed by atoms with van der Waals surface area (Å²) in [4.78, 5) is 12.7. The summed E-state index contributed by atoms with van der Waals surface area (Å²) in [5.41, 5.74) is 1.39. The summed E-state index contributed by atoms with van der Waals surface area (Å²) in [5, 5.41) is 0. The van der Waals surface area contributed by atoms with E-state index in [0.29, 0.717) is 25.2 Å². The van der Waals surface area contributed by atoms with Crippen LogP contribution < -0.4 is 9.03 Å². The summed E-state index contributed by atoms with van der Waals surface area (Å²) < 4.78 is 57.3. The Kier molecular flexibility index (Phi) is 5.37. The van der Waals surface area contributed by atoms with Gasteiger partial charge in [-0.05, 0) is 37.0 Å². The van der Waals surface area contributed by atoms with Gasteiger partial charge in [0.2, 0.25) is 10.0 Å². The number of aromatic nitrogens is 1. The van der Waals surface area contributed by atoms with Crippen LogP contribution in [0.1, 0.15) is 35.3 Å². The van der Waals surface area contributed by atoms with Gasteiger partial charge < -0.3 is 4.57 Å². The molecule has 0 radical (unpaired) electrons. The largest absolute Gasteiger partial charge is 0.345 e. The van der Waals surface area contributed by atoms with E-state index in [0.717, 1.165) is 29.1 Å². The molecule has 162 valence electrons. The first-order valence-corrected chi connectivity index (χ1v) is 12.7. The fourth-order valence-electron chi connectivity index (χ4n) is 3.94. The van der Waals surface area contributed by atoms with Crippen LogP contribution in [0, 0.1) is 0 Å². The van der Waals surface area contributed by atoms with Gasteiger partial charge >= 0.3 is 10.2 Å². The van der Waals surface area contributed by atoms with E-state index < -0.39 is 26.1 Å². The number of piperidine rings is 1. The Hall–Kier alpha value is -2.37. The molecule has 0 unspecified atom stereocenters. The Labute approximate surface area is 176 Å².